The molecule has 0 radical (unpaired) electrons. The van der Waals surface area contributed by atoms with Gasteiger partial charge in [0.05, 0.1) is 12.8 Å². The minimum absolute atomic E-state index is 0.565. The molecule has 1 unspecified atom stereocenters. The van der Waals surface area contributed by atoms with Crippen LogP contribution in [0.4, 0.5) is 0 Å². The summed E-state index contributed by atoms with van der Waals surface area (Å²) in [7, 11) is 5.97. The quantitative estimate of drug-likeness (QED) is 0.754. The van der Waals surface area contributed by atoms with Gasteiger partial charge in [-0.25, -0.2) is 4.98 Å². The maximum absolute atomic E-state index is 5.15. The van der Waals surface area contributed by atoms with E-state index in [0.717, 1.165) is 24.7 Å². The monoisotopic (exact) mass is 279 g/mol. The van der Waals surface area contributed by atoms with Crippen molar-refractivity contribution in [2.45, 2.75) is 39.3 Å². The third kappa shape index (κ3) is 5.10. The first kappa shape index (κ1) is 16.9. The summed E-state index contributed by atoms with van der Waals surface area (Å²) in [5.74, 6) is 1.41. The van der Waals surface area contributed by atoms with Gasteiger partial charge in [0.25, 0.3) is 0 Å². The molecule has 0 amide bonds. The molecule has 0 saturated carbocycles. The van der Waals surface area contributed by atoms with Crippen LogP contribution in [0, 0.1) is 5.92 Å². The summed E-state index contributed by atoms with van der Waals surface area (Å²) >= 11 is 0. The second-order valence-electron chi connectivity index (χ2n) is 5.41. The van der Waals surface area contributed by atoms with Crippen molar-refractivity contribution in [3.63, 3.8) is 0 Å². The van der Waals surface area contributed by atoms with Gasteiger partial charge in [0.2, 0.25) is 5.88 Å². The topological polar surface area (TPSA) is 37.4 Å². The van der Waals surface area contributed by atoms with Gasteiger partial charge >= 0.3 is 0 Å². The maximum atomic E-state index is 5.15. The van der Waals surface area contributed by atoms with Crippen LogP contribution in [-0.4, -0.2) is 43.7 Å². The molecule has 1 aromatic heterocycles. The van der Waals surface area contributed by atoms with Crippen LogP contribution >= 0.6 is 0 Å². The van der Waals surface area contributed by atoms with Crippen LogP contribution in [0.15, 0.2) is 18.2 Å². The van der Waals surface area contributed by atoms with Gasteiger partial charge in [-0.3, -0.25) is 0 Å². The number of likely N-dealkylation sites (N-methyl/N-ethyl adjacent to an activating group) is 1. The number of hydrogen-bond donors (Lipinski definition) is 1. The summed E-state index contributed by atoms with van der Waals surface area (Å²) in [5.41, 5.74) is 1.02. The Morgan fingerprint density at radius 3 is 2.50 bits per heavy atom. The highest BCUT2D eigenvalue weighted by molar-refractivity contribution is 5.15. The minimum atomic E-state index is 0.565. The van der Waals surface area contributed by atoms with Crippen LogP contribution in [0.5, 0.6) is 5.88 Å². The molecule has 0 saturated heterocycles. The van der Waals surface area contributed by atoms with Gasteiger partial charge in [-0.1, -0.05) is 32.8 Å². The van der Waals surface area contributed by atoms with Crippen LogP contribution in [0.1, 0.15) is 32.4 Å². The smallest absolute Gasteiger partial charge is 0.213 e. The number of pyridine rings is 1. The second-order valence-corrected chi connectivity index (χ2v) is 5.41. The van der Waals surface area contributed by atoms with Gasteiger partial charge in [0, 0.05) is 25.2 Å². The highest BCUT2D eigenvalue weighted by Crippen LogP contribution is 2.16. The van der Waals surface area contributed by atoms with E-state index in [1.807, 2.05) is 18.2 Å². The summed E-state index contributed by atoms with van der Waals surface area (Å²) in [5, 5.41) is 3.52. The molecule has 0 spiro atoms. The standard InChI is InChI=1S/C16H29N3O/c1-6-13(7-2)15(19(3)4)12-17-11-14-9-8-10-16(18-14)20-5/h8-10,13,15,17H,6-7,11-12H2,1-5H3. The fourth-order valence-electron chi connectivity index (χ4n) is 2.62. The van der Waals surface area contributed by atoms with Crippen LogP contribution in [0.2, 0.25) is 0 Å². The molecule has 0 aliphatic rings. The van der Waals surface area contributed by atoms with Gasteiger partial charge in [0.1, 0.15) is 0 Å². The van der Waals surface area contributed by atoms with E-state index in [0.29, 0.717) is 11.9 Å². The average molecular weight is 279 g/mol. The Balaban J connectivity index is 2.51. The van der Waals surface area contributed by atoms with E-state index in [2.05, 4.69) is 43.1 Å². The van der Waals surface area contributed by atoms with Gasteiger partial charge in [-0.05, 0) is 26.1 Å². The third-order valence-corrected chi connectivity index (χ3v) is 3.91. The number of ether oxygens (including phenoxy) is 1. The van der Waals surface area contributed by atoms with Crippen LogP contribution < -0.4 is 10.1 Å². The zero-order chi connectivity index (χ0) is 15.0. The Kier molecular flexibility index (Phi) is 7.55. The Morgan fingerprint density at radius 1 is 1.25 bits per heavy atom. The van der Waals surface area contributed by atoms with E-state index >= 15 is 0 Å². The summed E-state index contributed by atoms with van der Waals surface area (Å²) < 4.78 is 5.15. The first-order valence-corrected chi connectivity index (χ1v) is 7.49. The van der Waals surface area contributed by atoms with Crippen molar-refractivity contribution in [2.24, 2.45) is 5.92 Å². The number of aromatic nitrogens is 1. The number of methoxy groups -OCH3 is 1. The SMILES string of the molecule is CCC(CC)C(CNCc1cccc(OC)n1)N(C)C. The number of nitrogens with zero attached hydrogens (tertiary/aromatic N) is 2. The Morgan fingerprint density at radius 2 is 1.95 bits per heavy atom. The molecule has 20 heavy (non-hydrogen) atoms. The van der Waals surface area contributed by atoms with Crippen molar-refractivity contribution in [3.8, 4) is 5.88 Å². The molecule has 4 nitrogen and oxygen atoms in total. The van der Waals surface area contributed by atoms with Crippen molar-refractivity contribution < 1.29 is 4.74 Å². The normalized spacial score (nSPS) is 12.9. The first-order valence-electron chi connectivity index (χ1n) is 7.49. The molecule has 0 aliphatic carbocycles. The number of nitrogens with one attached hydrogen (secondary N) is 1. The van der Waals surface area contributed by atoms with Gasteiger partial charge in [-0.15, -0.1) is 0 Å². The van der Waals surface area contributed by atoms with E-state index in [1.54, 1.807) is 7.11 Å². The zero-order valence-corrected chi connectivity index (χ0v) is 13.5. The van der Waals surface area contributed by atoms with E-state index in [1.165, 1.54) is 12.8 Å². The van der Waals surface area contributed by atoms with E-state index in [9.17, 15) is 0 Å². The molecule has 0 aromatic carbocycles. The van der Waals surface area contributed by atoms with E-state index in [4.69, 9.17) is 4.74 Å². The lowest BCUT2D eigenvalue weighted by molar-refractivity contribution is 0.193. The average Bonchev–Trinajstić information content (AvgIpc) is 2.46. The maximum Gasteiger partial charge on any atom is 0.213 e. The summed E-state index contributed by atoms with van der Waals surface area (Å²) in [6, 6.07) is 6.44. The van der Waals surface area contributed by atoms with E-state index in [-0.39, 0.29) is 0 Å². The molecule has 1 aromatic rings. The summed E-state index contributed by atoms with van der Waals surface area (Å²) in [6.45, 7) is 6.31. The van der Waals surface area contributed by atoms with Crippen LogP contribution in [0.3, 0.4) is 0 Å². The predicted molar refractivity (Wildman–Crippen MR) is 84.0 cm³/mol. The lowest BCUT2D eigenvalue weighted by Crippen LogP contribution is -2.42. The van der Waals surface area contributed by atoms with Crippen LogP contribution in [-0.2, 0) is 6.54 Å². The molecule has 0 bridgehead atoms. The highest BCUT2D eigenvalue weighted by Gasteiger charge is 2.19. The molecular weight excluding hydrogens is 250 g/mol. The molecule has 1 atom stereocenters. The first-order chi connectivity index (χ1) is 9.62. The fraction of sp³-hybridized carbons (Fsp3) is 0.688. The zero-order valence-electron chi connectivity index (χ0n) is 13.5. The van der Waals surface area contributed by atoms with Gasteiger partial charge in [-0.2, -0.15) is 0 Å². The lowest BCUT2D eigenvalue weighted by Gasteiger charge is -2.31. The second kappa shape index (κ2) is 8.93. The predicted octanol–water partition coefficient (Wildman–Crippen LogP) is 2.55. The summed E-state index contributed by atoms with van der Waals surface area (Å²) in [6.07, 6.45) is 2.44. The Labute approximate surface area is 123 Å². The van der Waals surface area contributed by atoms with Crippen LogP contribution in [0.25, 0.3) is 0 Å². The van der Waals surface area contributed by atoms with Gasteiger partial charge < -0.3 is 15.0 Å². The number of hydrogen-bond acceptors (Lipinski definition) is 4. The van der Waals surface area contributed by atoms with Crippen molar-refractivity contribution in [2.75, 3.05) is 27.7 Å². The lowest BCUT2D eigenvalue weighted by atomic mass is 9.93. The Bertz CT molecular complexity index is 378. The van der Waals surface area contributed by atoms with Crippen molar-refractivity contribution in [1.82, 2.24) is 15.2 Å². The van der Waals surface area contributed by atoms with Gasteiger partial charge in [0.15, 0.2) is 0 Å². The molecule has 1 rings (SSSR count). The summed E-state index contributed by atoms with van der Waals surface area (Å²) in [4.78, 5) is 6.74. The largest absolute Gasteiger partial charge is 0.481 e. The fourth-order valence-corrected chi connectivity index (χ4v) is 2.62. The molecular formula is C16H29N3O. The minimum Gasteiger partial charge on any atom is -0.481 e. The highest BCUT2D eigenvalue weighted by atomic mass is 16.5. The molecule has 1 N–H and O–H groups in total. The molecule has 0 aliphatic heterocycles. The molecule has 4 heteroatoms. The molecule has 114 valence electrons. The molecule has 0 fully saturated rings. The van der Waals surface area contributed by atoms with E-state index < -0.39 is 0 Å². The van der Waals surface area contributed by atoms with Crippen molar-refractivity contribution in [3.05, 3.63) is 23.9 Å². The Hall–Kier alpha value is -1.13. The van der Waals surface area contributed by atoms with Crippen molar-refractivity contribution >= 4 is 0 Å². The molecule has 1 heterocycles. The number of rotatable bonds is 9. The third-order valence-electron chi connectivity index (χ3n) is 3.91. The van der Waals surface area contributed by atoms with Crippen molar-refractivity contribution in [1.29, 1.82) is 0 Å².